The van der Waals surface area contributed by atoms with Crippen LogP contribution < -0.4 is 0 Å². The Kier molecular flexibility index (Phi) is 4.42. The van der Waals surface area contributed by atoms with E-state index in [1.165, 1.54) is 0 Å². The molecule has 0 saturated heterocycles. The van der Waals surface area contributed by atoms with Gasteiger partial charge in [0.25, 0.3) is 0 Å². The molecule has 2 aromatic carbocycles. The van der Waals surface area contributed by atoms with Crippen molar-refractivity contribution >= 4 is 22.9 Å². The molecule has 8 heteroatoms. The van der Waals surface area contributed by atoms with Crippen LogP contribution in [0.2, 0.25) is 0 Å². The zero-order valence-electron chi connectivity index (χ0n) is 15.5. The standard InChI is InChI=1S/C21H17N7O/c1-3-7-16(8-4-1)11-24-29-14-19-25-21-18-12-23-27(13-17-9-5-2-6-10-17)20(18)22-15-28(21)26-19/h1-12,15H,13-14H2/b24-11+. The van der Waals surface area contributed by atoms with Crippen LogP contribution in [0, 0.1) is 0 Å². The molecule has 5 rings (SSSR count). The smallest absolute Gasteiger partial charge is 0.192 e. The van der Waals surface area contributed by atoms with Crippen molar-refractivity contribution in [3.63, 3.8) is 0 Å². The molecule has 0 aliphatic rings. The van der Waals surface area contributed by atoms with Crippen LogP contribution in [0.4, 0.5) is 0 Å². The third kappa shape index (κ3) is 3.55. The summed E-state index contributed by atoms with van der Waals surface area (Å²) in [5, 5.41) is 13.7. The highest BCUT2D eigenvalue weighted by molar-refractivity contribution is 5.88. The molecule has 29 heavy (non-hydrogen) atoms. The molecule has 3 aromatic heterocycles. The van der Waals surface area contributed by atoms with Crippen LogP contribution in [0.5, 0.6) is 0 Å². The molecule has 3 heterocycles. The molecule has 0 saturated carbocycles. The van der Waals surface area contributed by atoms with Gasteiger partial charge in [0.2, 0.25) is 0 Å². The normalized spacial score (nSPS) is 11.6. The van der Waals surface area contributed by atoms with Crippen LogP contribution in [-0.2, 0) is 18.0 Å². The fourth-order valence-electron chi connectivity index (χ4n) is 3.08. The molecule has 0 bridgehead atoms. The van der Waals surface area contributed by atoms with Gasteiger partial charge in [0.05, 0.1) is 24.3 Å². The van der Waals surface area contributed by atoms with E-state index in [1.54, 1.807) is 23.3 Å². The maximum absolute atomic E-state index is 5.34. The minimum Gasteiger partial charge on any atom is -0.387 e. The largest absolute Gasteiger partial charge is 0.387 e. The van der Waals surface area contributed by atoms with Gasteiger partial charge in [-0.25, -0.2) is 19.2 Å². The Labute approximate surface area is 166 Å². The summed E-state index contributed by atoms with van der Waals surface area (Å²) in [5.41, 5.74) is 3.58. The average molecular weight is 383 g/mol. The van der Waals surface area contributed by atoms with E-state index >= 15 is 0 Å². The number of hydrogen-bond donors (Lipinski definition) is 0. The van der Waals surface area contributed by atoms with Crippen LogP contribution in [0.25, 0.3) is 16.7 Å². The van der Waals surface area contributed by atoms with Gasteiger partial charge in [-0.2, -0.15) is 5.10 Å². The van der Waals surface area contributed by atoms with E-state index in [9.17, 15) is 0 Å². The summed E-state index contributed by atoms with van der Waals surface area (Å²) < 4.78 is 3.50. The summed E-state index contributed by atoms with van der Waals surface area (Å²) in [5.74, 6) is 0.528. The second-order valence-corrected chi connectivity index (χ2v) is 6.48. The molecular formula is C21H17N7O. The van der Waals surface area contributed by atoms with Gasteiger partial charge < -0.3 is 4.84 Å². The first-order valence-corrected chi connectivity index (χ1v) is 9.17. The molecule has 5 aromatic rings. The van der Waals surface area contributed by atoms with Crippen LogP contribution in [0.15, 0.2) is 78.3 Å². The fraction of sp³-hybridized carbons (Fsp3) is 0.0952. The van der Waals surface area contributed by atoms with Crippen LogP contribution in [0.3, 0.4) is 0 Å². The van der Waals surface area contributed by atoms with Gasteiger partial charge in [-0.05, 0) is 11.1 Å². The van der Waals surface area contributed by atoms with E-state index in [0.29, 0.717) is 18.0 Å². The van der Waals surface area contributed by atoms with Crippen molar-refractivity contribution in [3.8, 4) is 0 Å². The molecule has 0 radical (unpaired) electrons. The highest BCUT2D eigenvalue weighted by atomic mass is 16.6. The predicted molar refractivity (Wildman–Crippen MR) is 108 cm³/mol. The van der Waals surface area contributed by atoms with Crippen molar-refractivity contribution in [3.05, 3.63) is 90.1 Å². The minimum absolute atomic E-state index is 0.171. The Balaban J connectivity index is 1.36. The van der Waals surface area contributed by atoms with E-state index in [1.807, 2.05) is 53.2 Å². The molecule has 0 amide bonds. The van der Waals surface area contributed by atoms with Crippen LogP contribution in [-0.4, -0.2) is 35.6 Å². The van der Waals surface area contributed by atoms with Crippen molar-refractivity contribution in [1.29, 1.82) is 0 Å². The lowest BCUT2D eigenvalue weighted by molar-refractivity contribution is 0.126. The molecule has 0 unspecified atom stereocenters. The predicted octanol–water partition coefficient (Wildman–Crippen LogP) is 3.07. The van der Waals surface area contributed by atoms with Crippen molar-refractivity contribution in [1.82, 2.24) is 29.4 Å². The average Bonchev–Trinajstić information content (AvgIpc) is 3.36. The molecule has 8 nitrogen and oxygen atoms in total. The molecule has 0 N–H and O–H groups in total. The van der Waals surface area contributed by atoms with E-state index in [2.05, 4.69) is 37.5 Å². The van der Waals surface area contributed by atoms with E-state index in [4.69, 9.17) is 4.84 Å². The lowest BCUT2D eigenvalue weighted by Gasteiger charge is -2.02. The Morgan fingerprint density at radius 2 is 1.76 bits per heavy atom. The zero-order chi connectivity index (χ0) is 19.5. The van der Waals surface area contributed by atoms with E-state index in [0.717, 1.165) is 22.2 Å². The molecule has 142 valence electrons. The lowest BCUT2D eigenvalue weighted by Crippen LogP contribution is -2.03. The molecule has 0 aliphatic carbocycles. The number of benzene rings is 2. The zero-order valence-corrected chi connectivity index (χ0v) is 15.5. The first-order chi connectivity index (χ1) is 14.4. The SMILES string of the molecule is C(=N\OCc1nc2c3cnn(Cc4ccccc4)c3ncn2n1)/c1ccccc1. The maximum Gasteiger partial charge on any atom is 0.192 e. The van der Waals surface area contributed by atoms with Crippen molar-refractivity contribution in [2.24, 2.45) is 5.16 Å². The first kappa shape index (κ1) is 17.1. The molecule has 0 spiro atoms. The van der Waals surface area contributed by atoms with Gasteiger partial charge in [-0.15, -0.1) is 5.10 Å². The number of fused-ring (bicyclic) bond motifs is 3. The third-order valence-corrected chi connectivity index (χ3v) is 4.46. The number of rotatable bonds is 6. The number of oxime groups is 1. The monoisotopic (exact) mass is 383 g/mol. The third-order valence-electron chi connectivity index (χ3n) is 4.46. The summed E-state index contributed by atoms with van der Waals surface area (Å²) in [4.78, 5) is 14.4. The van der Waals surface area contributed by atoms with Gasteiger partial charge >= 0.3 is 0 Å². The molecule has 0 atom stereocenters. The van der Waals surface area contributed by atoms with Gasteiger partial charge in [-0.3, -0.25) is 0 Å². The Morgan fingerprint density at radius 1 is 0.966 bits per heavy atom. The highest BCUT2D eigenvalue weighted by Gasteiger charge is 2.13. The second-order valence-electron chi connectivity index (χ2n) is 6.48. The minimum atomic E-state index is 0.171. The Morgan fingerprint density at radius 3 is 2.59 bits per heavy atom. The van der Waals surface area contributed by atoms with E-state index < -0.39 is 0 Å². The van der Waals surface area contributed by atoms with Crippen molar-refractivity contribution in [2.75, 3.05) is 0 Å². The fourth-order valence-corrected chi connectivity index (χ4v) is 3.08. The summed E-state index contributed by atoms with van der Waals surface area (Å²) in [6.45, 7) is 0.816. The van der Waals surface area contributed by atoms with Gasteiger partial charge in [0.1, 0.15) is 6.33 Å². The highest BCUT2D eigenvalue weighted by Crippen LogP contribution is 2.17. The topological polar surface area (TPSA) is 82.5 Å². The molecular weight excluding hydrogens is 366 g/mol. The van der Waals surface area contributed by atoms with Gasteiger partial charge in [0, 0.05) is 0 Å². The van der Waals surface area contributed by atoms with Crippen LogP contribution >= 0.6 is 0 Å². The Hall–Kier alpha value is -4.07. The maximum atomic E-state index is 5.34. The van der Waals surface area contributed by atoms with Crippen molar-refractivity contribution < 1.29 is 4.84 Å². The molecule has 0 fully saturated rings. The molecule has 0 aliphatic heterocycles. The number of aromatic nitrogens is 6. The Bertz CT molecular complexity index is 1280. The summed E-state index contributed by atoms with van der Waals surface area (Å²) >= 11 is 0. The van der Waals surface area contributed by atoms with Crippen molar-refractivity contribution in [2.45, 2.75) is 13.2 Å². The first-order valence-electron chi connectivity index (χ1n) is 9.17. The second kappa shape index (κ2) is 7.51. The quantitative estimate of drug-likeness (QED) is 0.332. The van der Waals surface area contributed by atoms with Gasteiger partial charge in [0.15, 0.2) is 23.7 Å². The van der Waals surface area contributed by atoms with Gasteiger partial charge in [-0.1, -0.05) is 65.8 Å². The number of nitrogens with zero attached hydrogens (tertiary/aromatic N) is 7. The summed E-state index contributed by atoms with van der Waals surface area (Å²) in [6, 6.07) is 19.9. The number of hydrogen-bond acceptors (Lipinski definition) is 6. The summed E-state index contributed by atoms with van der Waals surface area (Å²) in [7, 11) is 0. The summed E-state index contributed by atoms with van der Waals surface area (Å²) in [6.07, 6.45) is 5.07. The van der Waals surface area contributed by atoms with E-state index in [-0.39, 0.29) is 6.61 Å². The van der Waals surface area contributed by atoms with Crippen LogP contribution in [0.1, 0.15) is 17.0 Å². The lowest BCUT2D eigenvalue weighted by atomic mass is 10.2.